The van der Waals surface area contributed by atoms with Crippen LogP contribution in [-0.2, 0) is 14.3 Å². The molecule has 0 saturated carbocycles. The van der Waals surface area contributed by atoms with Gasteiger partial charge in [-0.05, 0) is 61.1 Å². The van der Waals surface area contributed by atoms with Gasteiger partial charge < -0.3 is 9.84 Å². The Balaban J connectivity index is 1.37. The Bertz CT molecular complexity index is 1240. The predicted molar refractivity (Wildman–Crippen MR) is 142 cm³/mol. The van der Waals surface area contributed by atoms with E-state index in [-0.39, 0.29) is 35.7 Å². The second kappa shape index (κ2) is 10.2. The van der Waals surface area contributed by atoms with E-state index < -0.39 is 0 Å². The number of amides is 2. The number of hydrogen-bond acceptors (Lipinski definition) is 4. The number of phenols is 1. The third-order valence-corrected chi connectivity index (χ3v) is 8.45. The first-order valence-corrected chi connectivity index (χ1v) is 13.6. The van der Waals surface area contributed by atoms with Crippen LogP contribution >= 0.6 is 0 Å². The number of hydrogen-bond donors (Lipinski definition) is 1. The zero-order valence-corrected chi connectivity index (χ0v) is 21.6. The minimum Gasteiger partial charge on any atom is -0.507 e. The number of carbonyl (C=O) groups excluding carboxylic acids is 2. The number of carbonyl (C=O) groups is 2. The third-order valence-electron chi connectivity index (χ3n) is 8.45. The molecule has 0 radical (unpaired) electrons. The number of allylic oxidation sites excluding steroid dienone is 2. The van der Waals surface area contributed by atoms with Crippen molar-refractivity contribution in [3.05, 3.63) is 58.7 Å². The number of ether oxygens (including phenoxy) is 1. The summed E-state index contributed by atoms with van der Waals surface area (Å²) in [5.74, 6) is -0.0667. The van der Waals surface area contributed by atoms with E-state index in [1.54, 1.807) is 6.07 Å². The van der Waals surface area contributed by atoms with Crippen LogP contribution in [0.3, 0.4) is 0 Å². The molecule has 36 heavy (non-hydrogen) atoms. The molecule has 3 aliphatic rings. The van der Waals surface area contributed by atoms with E-state index in [4.69, 9.17) is 4.74 Å². The first kappa shape index (κ1) is 24.8. The summed E-state index contributed by atoms with van der Waals surface area (Å²) in [5, 5.41) is 12.2. The molecule has 1 aliphatic carbocycles. The van der Waals surface area contributed by atoms with E-state index in [2.05, 4.69) is 26.0 Å². The summed E-state index contributed by atoms with van der Waals surface area (Å²) in [5.41, 5.74) is 5.09. The van der Waals surface area contributed by atoms with Crippen LogP contribution in [0.25, 0.3) is 16.8 Å². The molecular weight excluding hydrogens is 450 g/mol. The van der Waals surface area contributed by atoms with Gasteiger partial charge in [-0.25, -0.2) is 0 Å². The molecule has 2 amide bonds. The second-order valence-electron chi connectivity index (χ2n) is 10.4. The maximum Gasteiger partial charge on any atom is 0.233 e. The van der Waals surface area contributed by atoms with Gasteiger partial charge in [-0.1, -0.05) is 68.3 Å². The molecule has 2 aromatic rings. The van der Waals surface area contributed by atoms with E-state index in [1.807, 2.05) is 31.2 Å². The summed E-state index contributed by atoms with van der Waals surface area (Å²) in [6, 6.07) is 11.7. The molecule has 1 N–H and O–H groups in total. The van der Waals surface area contributed by atoms with Crippen LogP contribution in [0.2, 0.25) is 0 Å². The topological polar surface area (TPSA) is 66.8 Å². The lowest BCUT2D eigenvalue weighted by atomic mass is 9.69. The van der Waals surface area contributed by atoms with Crippen molar-refractivity contribution in [2.45, 2.75) is 65.4 Å². The van der Waals surface area contributed by atoms with Crippen LogP contribution in [0.15, 0.2) is 53.1 Å². The zero-order valence-electron chi connectivity index (χ0n) is 21.6. The first-order valence-electron chi connectivity index (χ1n) is 13.6. The molecule has 0 unspecified atom stereocenters. The van der Waals surface area contributed by atoms with Crippen molar-refractivity contribution in [1.82, 2.24) is 4.90 Å². The molecule has 5 heteroatoms. The molecular formula is C31H37NO4. The van der Waals surface area contributed by atoms with Gasteiger partial charge in [-0.3, -0.25) is 14.5 Å². The van der Waals surface area contributed by atoms with Crippen LogP contribution in [0.5, 0.6) is 5.75 Å². The van der Waals surface area contributed by atoms with E-state index in [9.17, 15) is 14.7 Å². The molecule has 2 aliphatic heterocycles. The van der Waals surface area contributed by atoms with Crippen molar-refractivity contribution >= 4 is 28.7 Å². The number of aromatic hydroxyl groups is 1. The lowest BCUT2D eigenvalue weighted by Crippen LogP contribution is -2.34. The first-order chi connectivity index (χ1) is 17.5. The molecule has 5 nitrogen and oxygen atoms in total. The molecule has 2 fully saturated rings. The average molecular weight is 488 g/mol. The summed E-state index contributed by atoms with van der Waals surface area (Å²) in [4.78, 5) is 27.8. The minimum absolute atomic E-state index is 0.0144. The molecule has 4 atom stereocenters. The van der Waals surface area contributed by atoms with Gasteiger partial charge >= 0.3 is 0 Å². The number of imide groups is 1. The number of likely N-dealkylation sites (tertiary alicyclic amines) is 1. The Morgan fingerprint density at radius 3 is 2.56 bits per heavy atom. The summed E-state index contributed by atoms with van der Waals surface area (Å²) in [6.45, 7) is 7.41. The SMILES string of the molecule is CCCN1C(=O)[C@@H]2[C@@H](CC(CC)=C3[C@@H](CC/C(=C/c4ccc(O)c5ccccc45)CC)OC[C@@H]32)C1=O. The Morgan fingerprint density at radius 1 is 1.06 bits per heavy atom. The van der Waals surface area contributed by atoms with Crippen molar-refractivity contribution in [1.29, 1.82) is 0 Å². The van der Waals surface area contributed by atoms with Gasteiger partial charge in [0.05, 0.1) is 24.5 Å². The fourth-order valence-corrected chi connectivity index (χ4v) is 6.64. The maximum absolute atomic E-state index is 13.2. The van der Waals surface area contributed by atoms with Gasteiger partial charge in [-0.15, -0.1) is 0 Å². The van der Waals surface area contributed by atoms with E-state index >= 15 is 0 Å². The van der Waals surface area contributed by atoms with Crippen molar-refractivity contribution in [3.63, 3.8) is 0 Å². The maximum atomic E-state index is 13.2. The monoisotopic (exact) mass is 487 g/mol. The molecule has 2 aromatic carbocycles. The number of rotatable bonds is 8. The van der Waals surface area contributed by atoms with Crippen molar-refractivity contribution in [2.75, 3.05) is 13.2 Å². The molecule has 2 saturated heterocycles. The highest BCUT2D eigenvalue weighted by Gasteiger charge is 2.56. The molecule has 2 heterocycles. The van der Waals surface area contributed by atoms with Crippen molar-refractivity contribution in [2.24, 2.45) is 17.8 Å². The van der Waals surface area contributed by atoms with Crippen LogP contribution in [-0.4, -0.2) is 41.1 Å². The highest BCUT2D eigenvalue weighted by molar-refractivity contribution is 6.06. The fourth-order valence-electron chi connectivity index (χ4n) is 6.64. The largest absolute Gasteiger partial charge is 0.507 e. The molecule has 190 valence electrons. The Kier molecular flexibility index (Phi) is 7.03. The lowest BCUT2D eigenvalue weighted by molar-refractivity contribution is -0.140. The number of fused-ring (bicyclic) bond motifs is 4. The van der Waals surface area contributed by atoms with E-state index in [0.717, 1.165) is 48.4 Å². The zero-order chi connectivity index (χ0) is 25.4. The molecule has 0 aromatic heterocycles. The summed E-state index contributed by atoms with van der Waals surface area (Å²) >= 11 is 0. The Hall–Kier alpha value is -2.92. The van der Waals surface area contributed by atoms with Gasteiger partial charge in [0.25, 0.3) is 0 Å². The molecule has 5 rings (SSSR count). The van der Waals surface area contributed by atoms with E-state index in [1.165, 1.54) is 21.6 Å². The Labute approximate surface area is 213 Å². The Morgan fingerprint density at radius 2 is 1.83 bits per heavy atom. The van der Waals surface area contributed by atoms with Gasteiger partial charge in [-0.2, -0.15) is 0 Å². The lowest BCUT2D eigenvalue weighted by Gasteiger charge is -2.31. The average Bonchev–Trinajstić information content (AvgIpc) is 3.42. The standard InChI is InChI=1S/C31H37NO4/c1-4-15-32-30(34)24-17-20(6-3)28-25(29(24)31(32)35)18-36-27(28)14-11-19(5-2)16-21-12-13-26(33)23-10-8-7-9-22(21)23/h7-10,12-13,16,24-25,27,29,33H,4-6,11,14-15,17-18H2,1-3H3/b19-16+/t24-,25+,27-,29-/m1/s1. The quantitative estimate of drug-likeness (QED) is 0.353. The van der Waals surface area contributed by atoms with Gasteiger partial charge in [0, 0.05) is 17.8 Å². The van der Waals surface area contributed by atoms with Crippen LogP contribution in [0.1, 0.15) is 64.9 Å². The minimum atomic E-state index is -0.246. The third kappa shape index (κ3) is 4.17. The summed E-state index contributed by atoms with van der Waals surface area (Å²) < 4.78 is 6.35. The normalized spacial score (nSPS) is 26.2. The summed E-state index contributed by atoms with van der Waals surface area (Å²) in [6.07, 6.45) is 7.39. The van der Waals surface area contributed by atoms with Crippen LogP contribution in [0, 0.1) is 17.8 Å². The summed E-state index contributed by atoms with van der Waals surface area (Å²) in [7, 11) is 0. The predicted octanol–water partition coefficient (Wildman–Crippen LogP) is 6.26. The van der Waals surface area contributed by atoms with Gasteiger partial charge in [0.2, 0.25) is 11.8 Å². The number of phenolic OH excluding ortho intramolecular Hbond substituents is 1. The second-order valence-corrected chi connectivity index (χ2v) is 10.4. The number of nitrogens with zero attached hydrogens (tertiary/aromatic N) is 1. The molecule has 0 bridgehead atoms. The van der Waals surface area contributed by atoms with Gasteiger partial charge in [0.15, 0.2) is 0 Å². The highest BCUT2D eigenvalue weighted by Crippen LogP contribution is 2.50. The fraction of sp³-hybridized carbons (Fsp3) is 0.484. The van der Waals surface area contributed by atoms with Gasteiger partial charge in [0.1, 0.15) is 5.75 Å². The van der Waals surface area contributed by atoms with E-state index in [0.29, 0.717) is 25.3 Å². The smallest absolute Gasteiger partial charge is 0.233 e. The van der Waals surface area contributed by atoms with Crippen LogP contribution in [0.4, 0.5) is 0 Å². The highest BCUT2D eigenvalue weighted by atomic mass is 16.5. The van der Waals surface area contributed by atoms with Crippen LogP contribution < -0.4 is 0 Å². The van der Waals surface area contributed by atoms with Crippen molar-refractivity contribution in [3.8, 4) is 5.75 Å². The number of benzene rings is 2. The molecule has 0 spiro atoms. The van der Waals surface area contributed by atoms with Crippen molar-refractivity contribution < 1.29 is 19.4 Å².